The van der Waals surface area contributed by atoms with Gasteiger partial charge < -0.3 is 15.2 Å². The van der Waals surface area contributed by atoms with E-state index in [-0.39, 0.29) is 11.5 Å². The highest BCUT2D eigenvalue weighted by atomic mass is 35.5. The largest absolute Gasteiger partial charge is 0.385 e. The Hall–Kier alpha value is -0.750. The molecule has 3 nitrogen and oxygen atoms in total. The molecule has 23 heavy (non-hydrogen) atoms. The maximum atomic E-state index is 14.5. The van der Waals surface area contributed by atoms with Crippen molar-refractivity contribution in [2.75, 3.05) is 26.8 Å². The molecule has 0 aliphatic carbocycles. The third-order valence-corrected chi connectivity index (χ3v) is 4.98. The molecule has 2 rings (SSSR count). The molecule has 1 fully saturated rings. The highest BCUT2D eigenvalue weighted by Gasteiger charge is 2.41. The molecule has 1 heterocycles. The van der Waals surface area contributed by atoms with Crippen molar-refractivity contribution >= 4 is 11.6 Å². The van der Waals surface area contributed by atoms with Crippen LogP contribution in [0.3, 0.4) is 0 Å². The van der Waals surface area contributed by atoms with Gasteiger partial charge in [-0.3, -0.25) is 0 Å². The number of nitrogens with one attached hydrogen (secondary N) is 1. The predicted molar refractivity (Wildman–Crippen MR) is 86.6 cm³/mol. The molecule has 6 heteroatoms. The Bertz CT molecular complexity index is 524. The van der Waals surface area contributed by atoms with Gasteiger partial charge in [0.2, 0.25) is 0 Å². The van der Waals surface area contributed by atoms with E-state index in [1.165, 1.54) is 6.07 Å². The summed E-state index contributed by atoms with van der Waals surface area (Å²) in [4.78, 5) is 0. The van der Waals surface area contributed by atoms with Crippen molar-refractivity contribution in [3.63, 3.8) is 0 Å². The number of unbranched alkanes of at least 4 members (excludes halogenated alkanes) is 1. The molecule has 0 spiro atoms. The molecule has 1 saturated heterocycles. The fraction of sp³-hybridized carbons (Fsp3) is 0.647. The van der Waals surface area contributed by atoms with E-state index in [0.29, 0.717) is 26.0 Å². The van der Waals surface area contributed by atoms with E-state index < -0.39 is 22.3 Å². The number of hydrogen-bond acceptors (Lipinski definition) is 3. The van der Waals surface area contributed by atoms with Crippen LogP contribution in [0, 0.1) is 17.6 Å². The first-order valence-corrected chi connectivity index (χ1v) is 8.44. The topological polar surface area (TPSA) is 41.5 Å². The first-order chi connectivity index (χ1) is 11.0. The summed E-state index contributed by atoms with van der Waals surface area (Å²) in [6.07, 6.45) is 3.57. The van der Waals surface area contributed by atoms with Gasteiger partial charge in [-0.2, -0.15) is 0 Å². The third-order valence-electron chi connectivity index (χ3n) is 4.63. The first kappa shape index (κ1) is 18.6. The monoisotopic (exact) mass is 347 g/mol. The van der Waals surface area contributed by atoms with Gasteiger partial charge in [-0.15, -0.1) is 0 Å². The van der Waals surface area contributed by atoms with Gasteiger partial charge in [0.05, 0.1) is 5.60 Å². The van der Waals surface area contributed by atoms with Gasteiger partial charge in [0, 0.05) is 31.7 Å². The average molecular weight is 348 g/mol. The van der Waals surface area contributed by atoms with Gasteiger partial charge >= 0.3 is 0 Å². The number of methoxy groups -OCH3 is 1. The molecule has 130 valence electrons. The molecule has 0 unspecified atom stereocenters. The summed E-state index contributed by atoms with van der Waals surface area (Å²) in [7, 11) is 1.62. The van der Waals surface area contributed by atoms with E-state index in [0.717, 1.165) is 31.9 Å². The zero-order chi connectivity index (χ0) is 16.9. The van der Waals surface area contributed by atoms with Crippen molar-refractivity contribution in [3.05, 3.63) is 34.4 Å². The van der Waals surface area contributed by atoms with Gasteiger partial charge in [0.1, 0.15) is 10.8 Å². The molecular formula is C17H24ClF2NO2. The summed E-state index contributed by atoms with van der Waals surface area (Å²) < 4.78 is 33.0. The third kappa shape index (κ3) is 4.21. The average Bonchev–Trinajstić information content (AvgIpc) is 2.57. The van der Waals surface area contributed by atoms with Crippen LogP contribution >= 0.6 is 11.6 Å². The van der Waals surface area contributed by atoms with Crippen molar-refractivity contribution in [1.29, 1.82) is 0 Å². The van der Waals surface area contributed by atoms with Crippen molar-refractivity contribution in [3.8, 4) is 0 Å². The highest BCUT2D eigenvalue weighted by molar-refractivity contribution is 6.31. The van der Waals surface area contributed by atoms with Crippen molar-refractivity contribution in [2.24, 2.45) is 5.92 Å². The molecule has 1 aromatic carbocycles. The predicted octanol–water partition coefficient (Wildman–Crippen LogP) is 3.62. The second-order valence-corrected chi connectivity index (χ2v) is 6.52. The molecule has 0 bridgehead atoms. The lowest BCUT2D eigenvalue weighted by Crippen LogP contribution is -2.45. The maximum Gasteiger partial charge on any atom is 0.150 e. The lowest BCUT2D eigenvalue weighted by Gasteiger charge is -2.39. The summed E-state index contributed by atoms with van der Waals surface area (Å²) in [6.45, 7) is 2.09. The van der Waals surface area contributed by atoms with Gasteiger partial charge in [-0.1, -0.05) is 17.7 Å². The van der Waals surface area contributed by atoms with Crippen molar-refractivity contribution in [1.82, 2.24) is 5.32 Å². The first-order valence-electron chi connectivity index (χ1n) is 8.06. The van der Waals surface area contributed by atoms with Gasteiger partial charge in [-0.05, 0) is 44.7 Å². The molecule has 0 radical (unpaired) electrons. The van der Waals surface area contributed by atoms with Crippen LogP contribution in [0.25, 0.3) is 0 Å². The minimum Gasteiger partial charge on any atom is -0.385 e. The fourth-order valence-electron chi connectivity index (χ4n) is 3.32. The minimum absolute atomic E-state index is 0.0926. The number of aliphatic hydroxyl groups is 1. The van der Waals surface area contributed by atoms with Crippen LogP contribution in [0.5, 0.6) is 0 Å². The standard InChI is InChI=1S/C17H24ClF2NO2/c1-23-10-3-2-8-17(22,12-5-4-9-21-11-12)13-6-7-14(19)15(18)16(13)20/h6-7,12,21-22H,2-5,8-11H2,1H3/t12-,17+/m1/s1. The van der Waals surface area contributed by atoms with Gasteiger partial charge in [0.25, 0.3) is 0 Å². The van der Waals surface area contributed by atoms with Crippen molar-refractivity contribution in [2.45, 2.75) is 37.7 Å². The Morgan fingerprint density at radius 1 is 1.39 bits per heavy atom. The molecule has 2 atom stereocenters. The number of ether oxygens (including phenoxy) is 1. The number of halogens is 3. The van der Waals surface area contributed by atoms with E-state index in [1.54, 1.807) is 7.11 Å². The quantitative estimate of drug-likeness (QED) is 0.584. The second-order valence-electron chi connectivity index (χ2n) is 6.14. The molecule has 0 amide bonds. The van der Waals surface area contributed by atoms with E-state index in [9.17, 15) is 13.9 Å². The maximum absolute atomic E-state index is 14.5. The van der Waals surface area contributed by atoms with E-state index in [4.69, 9.17) is 16.3 Å². The van der Waals surface area contributed by atoms with Crippen LogP contribution in [-0.2, 0) is 10.3 Å². The summed E-state index contributed by atoms with van der Waals surface area (Å²) in [5, 5.41) is 14.0. The Labute approximate surface area is 141 Å². The molecule has 1 aliphatic heterocycles. The van der Waals surface area contributed by atoms with Crippen LogP contribution in [0.15, 0.2) is 12.1 Å². The molecular weight excluding hydrogens is 324 g/mol. The van der Waals surface area contributed by atoms with E-state index >= 15 is 0 Å². The second kappa shape index (κ2) is 8.38. The number of rotatable bonds is 7. The number of hydrogen-bond donors (Lipinski definition) is 2. The van der Waals surface area contributed by atoms with E-state index in [2.05, 4.69) is 5.32 Å². The summed E-state index contributed by atoms with van der Waals surface area (Å²) in [5.41, 5.74) is -1.27. The van der Waals surface area contributed by atoms with Gasteiger partial charge in [0.15, 0.2) is 5.82 Å². The fourth-order valence-corrected chi connectivity index (χ4v) is 3.48. The molecule has 2 N–H and O–H groups in total. The Morgan fingerprint density at radius 2 is 2.17 bits per heavy atom. The molecule has 0 saturated carbocycles. The zero-order valence-electron chi connectivity index (χ0n) is 13.4. The van der Waals surface area contributed by atoms with E-state index in [1.807, 2.05) is 0 Å². The van der Waals surface area contributed by atoms with Crippen LogP contribution < -0.4 is 5.32 Å². The lowest BCUT2D eigenvalue weighted by atomic mass is 9.74. The summed E-state index contributed by atoms with van der Waals surface area (Å²) in [5.74, 6) is -1.79. The Kier molecular flexibility index (Phi) is 6.77. The molecule has 0 aromatic heterocycles. The zero-order valence-corrected chi connectivity index (χ0v) is 14.1. The summed E-state index contributed by atoms with van der Waals surface area (Å²) >= 11 is 5.71. The lowest BCUT2D eigenvalue weighted by molar-refractivity contribution is -0.0461. The summed E-state index contributed by atoms with van der Waals surface area (Å²) in [6, 6.07) is 2.44. The highest BCUT2D eigenvalue weighted by Crippen LogP contribution is 2.41. The number of benzene rings is 1. The smallest absolute Gasteiger partial charge is 0.150 e. The van der Waals surface area contributed by atoms with Crippen molar-refractivity contribution < 1.29 is 18.6 Å². The SMILES string of the molecule is COCCCC[C@@](O)(c1ccc(F)c(Cl)c1F)[C@@H]1CCCNC1. The number of piperidine rings is 1. The Morgan fingerprint density at radius 3 is 2.83 bits per heavy atom. The molecule has 1 aliphatic rings. The van der Waals surface area contributed by atoms with Gasteiger partial charge in [-0.25, -0.2) is 8.78 Å². The van der Waals surface area contributed by atoms with Crippen LogP contribution in [0.2, 0.25) is 5.02 Å². The normalized spacial score (nSPS) is 21.2. The molecule has 1 aromatic rings. The minimum atomic E-state index is -1.36. The van der Waals surface area contributed by atoms with Crippen LogP contribution in [0.4, 0.5) is 8.78 Å². The van der Waals surface area contributed by atoms with Crippen LogP contribution in [-0.4, -0.2) is 31.9 Å². The van der Waals surface area contributed by atoms with Crippen LogP contribution in [0.1, 0.15) is 37.7 Å². The Balaban J connectivity index is 2.30.